The summed E-state index contributed by atoms with van der Waals surface area (Å²) < 4.78 is 0. The lowest BCUT2D eigenvalue weighted by Gasteiger charge is -2.19. The van der Waals surface area contributed by atoms with E-state index in [0.29, 0.717) is 0 Å². The molecule has 0 aliphatic rings. The summed E-state index contributed by atoms with van der Waals surface area (Å²) in [6, 6.07) is 2.01. The smallest absolute Gasteiger partial charge is 0.137 e. The van der Waals surface area contributed by atoms with Crippen molar-refractivity contribution in [3.63, 3.8) is 0 Å². The minimum absolute atomic E-state index is 0.108. The number of pyridine rings is 1. The van der Waals surface area contributed by atoms with Gasteiger partial charge in [-0.15, -0.1) is 0 Å². The van der Waals surface area contributed by atoms with Crippen molar-refractivity contribution in [2.75, 3.05) is 0 Å². The molecule has 0 aromatic carbocycles. The number of rotatable bonds is 4. The Balaban J connectivity index is 2.17. The molecule has 0 amide bonds. The van der Waals surface area contributed by atoms with Crippen LogP contribution in [0.15, 0.2) is 24.7 Å². The van der Waals surface area contributed by atoms with Crippen LogP contribution in [-0.4, -0.2) is 20.5 Å². The first-order valence-corrected chi connectivity index (χ1v) is 6.72. The molecule has 19 heavy (non-hydrogen) atoms. The monoisotopic (exact) mass is 258 g/mol. The fourth-order valence-electron chi connectivity index (χ4n) is 1.89. The molecule has 0 aliphatic heterocycles. The van der Waals surface area contributed by atoms with Crippen LogP contribution in [0.4, 0.5) is 0 Å². The molecule has 102 valence electrons. The Labute approximate surface area is 114 Å². The van der Waals surface area contributed by atoms with Crippen molar-refractivity contribution in [3.05, 3.63) is 35.9 Å². The van der Waals surface area contributed by atoms with Crippen LogP contribution in [0.1, 0.15) is 39.0 Å². The minimum atomic E-state index is 0.108. The van der Waals surface area contributed by atoms with E-state index in [0.717, 1.165) is 30.0 Å². The molecule has 0 atom stereocenters. The van der Waals surface area contributed by atoms with Crippen molar-refractivity contribution in [2.45, 2.75) is 46.2 Å². The van der Waals surface area contributed by atoms with E-state index >= 15 is 0 Å². The van der Waals surface area contributed by atoms with E-state index in [1.165, 1.54) is 5.56 Å². The molecule has 4 nitrogen and oxygen atoms in total. The first-order chi connectivity index (χ1) is 8.99. The lowest BCUT2D eigenvalue weighted by molar-refractivity contribution is 0.422. The third kappa shape index (κ3) is 3.64. The SMILES string of the molecule is CCc1cnccc1-c1ncc(CNC(C)(C)C)[nH]1. The summed E-state index contributed by atoms with van der Waals surface area (Å²) in [6.45, 7) is 9.39. The average molecular weight is 258 g/mol. The van der Waals surface area contributed by atoms with Crippen molar-refractivity contribution in [1.29, 1.82) is 0 Å². The number of aryl methyl sites for hydroxylation is 1. The van der Waals surface area contributed by atoms with E-state index < -0.39 is 0 Å². The summed E-state index contributed by atoms with van der Waals surface area (Å²) in [5.41, 5.74) is 3.56. The molecule has 0 radical (unpaired) electrons. The normalized spacial score (nSPS) is 11.8. The van der Waals surface area contributed by atoms with E-state index in [-0.39, 0.29) is 5.54 Å². The van der Waals surface area contributed by atoms with Gasteiger partial charge in [-0.1, -0.05) is 6.92 Å². The Kier molecular flexibility index (Phi) is 4.00. The maximum Gasteiger partial charge on any atom is 0.137 e. The molecule has 2 N–H and O–H groups in total. The quantitative estimate of drug-likeness (QED) is 0.886. The third-order valence-electron chi connectivity index (χ3n) is 2.98. The molecule has 0 fully saturated rings. The molecule has 2 aromatic heterocycles. The lowest BCUT2D eigenvalue weighted by atomic mass is 10.1. The molecule has 0 unspecified atom stereocenters. The van der Waals surface area contributed by atoms with Gasteiger partial charge in [0.2, 0.25) is 0 Å². The molecule has 0 aliphatic carbocycles. The topological polar surface area (TPSA) is 53.6 Å². The Bertz CT molecular complexity index is 537. The molecule has 2 heterocycles. The van der Waals surface area contributed by atoms with E-state index in [4.69, 9.17) is 0 Å². The van der Waals surface area contributed by atoms with Gasteiger partial charge in [-0.2, -0.15) is 0 Å². The van der Waals surface area contributed by atoms with Gasteiger partial charge in [0.15, 0.2) is 0 Å². The molecule has 0 saturated carbocycles. The Hall–Kier alpha value is -1.68. The minimum Gasteiger partial charge on any atom is -0.341 e. The molecule has 2 rings (SSSR count). The first kappa shape index (κ1) is 13.7. The van der Waals surface area contributed by atoms with Gasteiger partial charge in [0.1, 0.15) is 5.82 Å². The van der Waals surface area contributed by atoms with Crippen molar-refractivity contribution in [2.24, 2.45) is 0 Å². The van der Waals surface area contributed by atoms with Gasteiger partial charge < -0.3 is 10.3 Å². The maximum absolute atomic E-state index is 4.47. The number of nitrogens with zero attached hydrogens (tertiary/aromatic N) is 2. The van der Waals surface area contributed by atoms with Crippen molar-refractivity contribution >= 4 is 0 Å². The van der Waals surface area contributed by atoms with Crippen molar-refractivity contribution in [3.8, 4) is 11.4 Å². The van der Waals surface area contributed by atoms with Gasteiger partial charge in [0.25, 0.3) is 0 Å². The van der Waals surface area contributed by atoms with E-state index in [2.05, 4.69) is 48.0 Å². The summed E-state index contributed by atoms with van der Waals surface area (Å²) in [7, 11) is 0. The van der Waals surface area contributed by atoms with E-state index in [9.17, 15) is 0 Å². The Morgan fingerprint density at radius 1 is 1.26 bits per heavy atom. The van der Waals surface area contributed by atoms with Gasteiger partial charge in [-0.05, 0) is 38.8 Å². The van der Waals surface area contributed by atoms with Gasteiger partial charge in [0, 0.05) is 41.9 Å². The number of H-pyrrole nitrogens is 1. The van der Waals surface area contributed by atoms with Gasteiger partial charge in [-0.25, -0.2) is 4.98 Å². The predicted octanol–water partition coefficient (Wildman–Crippen LogP) is 2.92. The first-order valence-electron chi connectivity index (χ1n) is 6.72. The van der Waals surface area contributed by atoms with Crippen LogP contribution in [0.3, 0.4) is 0 Å². The fourth-order valence-corrected chi connectivity index (χ4v) is 1.89. The van der Waals surface area contributed by atoms with Crippen LogP contribution in [0.5, 0.6) is 0 Å². The van der Waals surface area contributed by atoms with E-state index in [1.54, 1.807) is 0 Å². The number of aromatic nitrogens is 3. The molecule has 0 saturated heterocycles. The zero-order valence-electron chi connectivity index (χ0n) is 12.1. The number of hydrogen-bond donors (Lipinski definition) is 2. The standard InChI is InChI=1S/C15H22N4/c1-5-11-8-16-7-6-13(11)14-17-9-12(19-14)10-18-15(2,3)4/h6-9,18H,5,10H2,1-4H3,(H,17,19). The summed E-state index contributed by atoms with van der Waals surface area (Å²) in [5, 5.41) is 3.45. The van der Waals surface area contributed by atoms with Crippen LogP contribution in [-0.2, 0) is 13.0 Å². The molecule has 0 spiro atoms. The predicted molar refractivity (Wildman–Crippen MR) is 77.8 cm³/mol. The van der Waals surface area contributed by atoms with Crippen molar-refractivity contribution in [1.82, 2.24) is 20.3 Å². The summed E-state index contributed by atoms with van der Waals surface area (Å²) in [5.74, 6) is 0.921. The molecular formula is C15H22N4. The highest BCUT2D eigenvalue weighted by molar-refractivity contribution is 5.59. The zero-order valence-corrected chi connectivity index (χ0v) is 12.1. The number of nitrogens with one attached hydrogen (secondary N) is 2. The van der Waals surface area contributed by atoms with Gasteiger partial charge in [0.05, 0.1) is 0 Å². The highest BCUT2D eigenvalue weighted by atomic mass is 15.0. The summed E-state index contributed by atoms with van der Waals surface area (Å²) >= 11 is 0. The van der Waals surface area contributed by atoms with Gasteiger partial charge >= 0.3 is 0 Å². The molecular weight excluding hydrogens is 236 g/mol. The largest absolute Gasteiger partial charge is 0.341 e. The van der Waals surface area contributed by atoms with E-state index in [1.807, 2.05) is 24.7 Å². The lowest BCUT2D eigenvalue weighted by Crippen LogP contribution is -2.35. The van der Waals surface area contributed by atoms with Crippen LogP contribution < -0.4 is 5.32 Å². The second kappa shape index (κ2) is 5.53. The zero-order chi connectivity index (χ0) is 13.9. The number of imidazole rings is 1. The number of hydrogen-bond acceptors (Lipinski definition) is 3. The highest BCUT2D eigenvalue weighted by Gasteiger charge is 2.11. The van der Waals surface area contributed by atoms with Crippen LogP contribution in [0.2, 0.25) is 0 Å². The molecule has 4 heteroatoms. The van der Waals surface area contributed by atoms with Crippen LogP contribution in [0.25, 0.3) is 11.4 Å². The average Bonchev–Trinajstić information content (AvgIpc) is 2.84. The Morgan fingerprint density at radius 2 is 2.05 bits per heavy atom. The summed E-state index contributed by atoms with van der Waals surface area (Å²) in [6.07, 6.45) is 6.57. The second-order valence-corrected chi connectivity index (χ2v) is 5.75. The van der Waals surface area contributed by atoms with Crippen LogP contribution >= 0.6 is 0 Å². The molecule has 0 bridgehead atoms. The van der Waals surface area contributed by atoms with Crippen molar-refractivity contribution < 1.29 is 0 Å². The van der Waals surface area contributed by atoms with Gasteiger partial charge in [-0.3, -0.25) is 4.98 Å². The number of aromatic amines is 1. The Morgan fingerprint density at radius 3 is 2.74 bits per heavy atom. The molecule has 2 aromatic rings. The maximum atomic E-state index is 4.47. The summed E-state index contributed by atoms with van der Waals surface area (Å²) in [4.78, 5) is 12.0. The fraction of sp³-hybridized carbons (Fsp3) is 0.467. The second-order valence-electron chi connectivity index (χ2n) is 5.75. The third-order valence-corrected chi connectivity index (χ3v) is 2.98. The highest BCUT2D eigenvalue weighted by Crippen LogP contribution is 2.20. The van der Waals surface area contributed by atoms with Crippen LogP contribution in [0, 0.1) is 0 Å².